The number of aromatic nitrogens is 2. The predicted octanol–water partition coefficient (Wildman–Crippen LogP) is 1.52. The molecule has 0 N–H and O–H groups in total. The molecule has 5 heteroatoms. The average molecular weight is 272 g/mol. The van der Waals surface area contributed by atoms with Gasteiger partial charge in [-0.25, -0.2) is 0 Å². The van der Waals surface area contributed by atoms with Gasteiger partial charge in [-0.05, 0) is 14.1 Å². The molecule has 0 spiro atoms. The van der Waals surface area contributed by atoms with Crippen LogP contribution in [0.15, 0.2) is 34.9 Å². The molecule has 1 saturated heterocycles. The van der Waals surface area contributed by atoms with Crippen molar-refractivity contribution in [1.82, 2.24) is 19.9 Å². The Balaban J connectivity index is 1.71. The second kappa shape index (κ2) is 5.73. The summed E-state index contributed by atoms with van der Waals surface area (Å²) in [5, 5.41) is 4.08. The molecule has 2 aromatic rings. The molecule has 0 radical (unpaired) electrons. The molecule has 1 aromatic heterocycles. The lowest BCUT2D eigenvalue weighted by molar-refractivity contribution is 0.108. The van der Waals surface area contributed by atoms with Crippen LogP contribution in [0, 0.1) is 0 Å². The number of nitrogens with zero attached hydrogens (tertiary/aromatic N) is 4. The highest BCUT2D eigenvalue weighted by Gasteiger charge is 2.24. The van der Waals surface area contributed by atoms with E-state index in [1.807, 2.05) is 30.3 Å². The van der Waals surface area contributed by atoms with Gasteiger partial charge in [-0.1, -0.05) is 35.5 Å². The fraction of sp³-hybridized carbons (Fsp3) is 0.467. The van der Waals surface area contributed by atoms with E-state index >= 15 is 0 Å². The Hall–Kier alpha value is -1.72. The van der Waals surface area contributed by atoms with E-state index < -0.39 is 0 Å². The molecule has 1 aliphatic rings. The molecule has 0 bridgehead atoms. The minimum atomic E-state index is 0.442. The van der Waals surface area contributed by atoms with Gasteiger partial charge in [0.1, 0.15) is 0 Å². The Kier molecular flexibility index (Phi) is 3.80. The third-order valence-corrected chi connectivity index (χ3v) is 3.89. The summed E-state index contributed by atoms with van der Waals surface area (Å²) in [6.07, 6.45) is 0.806. The molecule has 5 nitrogen and oxygen atoms in total. The van der Waals surface area contributed by atoms with Gasteiger partial charge >= 0.3 is 0 Å². The first-order chi connectivity index (χ1) is 9.72. The van der Waals surface area contributed by atoms with Gasteiger partial charge in [0.15, 0.2) is 0 Å². The van der Waals surface area contributed by atoms with Crippen LogP contribution in [0.2, 0.25) is 0 Å². The minimum absolute atomic E-state index is 0.442. The normalized spacial score (nSPS) is 21.2. The fourth-order valence-corrected chi connectivity index (χ4v) is 2.57. The van der Waals surface area contributed by atoms with E-state index in [0.717, 1.165) is 37.5 Å². The number of benzene rings is 1. The van der Waals surface area contributed by atoms with Gasteiger partial charge in [0, 0.05) is 37.7 Å². The summed E-state index contributed by atoms with van der Waals surface area (Å²) in [7, 11) is 4.31. The molecule has 1 atom stereocenters. The van der Waals surface area contributed by atoms with Crippen molar-refractivity contribution in [3.63, 3.8) is 0 Å². The van der Waals surface area contributed by atoms with Gasteiger partial charge in [-0.2, -0.15) is 4.98 Å². The van der Waals surface area contributed by atoms with Gasteiger partial charge in [0.25, 0.3) is 0 Å². The minimum Gasteiger partial charge on any atom is -0.339 e. The van der Waals surface area contributed by atoms with Crippen molar-refractivity contribution in [3.05, 3.63) is 36.2 Å². The molecule has 1 fully saturated rings. The lowest BCUT2D eigenvalue weighted by Gasteiger charge is -2.37. The number of likely N-dealkylation sites (N-methyl/N-ethyl adjacent to an activating group) is 2. The van der Waals surface area contributed by atoms with E-state index in [-0.39, 0.29) is 0 Å². The summed E-state index contributed by atoms with van der Waals surface area (Å²) < 4.78 is 5.40. The highest BCUT2D eigenvalue weighted by atomic mass is 16.5. The number of piperazine rings is 1. The quantitative estimate of drug-likeness (QED) is 0.848. The summed E-state index contributed by atoms with van der Waals surface area (Å²) in [6, 6.07) is 10.4. The Labute approximate surface area is 119 Å². The second-order valence-corrected chi connectivity index (χ2v) is 5.48. The highest BCUT2D eigenvalue weighted by molar-refractivity contribution is 5.53. The van der Waals surface area contributed by atoms with Crippen LogP contribution >= 0.6 is 0 Å². The van der Waals surface area contributed by atoms with Crippen LogP contribution in [-0.4, -0.2) is 59.7 Å². The zero-order valence-electron chi connectivity index (χ0n) is 12.0. The van der Waals surface area contributed by atoms with Gasteiger partial charge < -0.3 is 14.3 Å². The maximum absolute atomic E-state index is 5.40. The summed E-state index contributed by atoms with van der Waals surface area (Å²) >= 11 is 0. The first-order valence-electron chi connectivity index (χ1n) is 6.99. The van der Waals surface area contributed by atoms with Crippen molar-refractivity contribution in [2.24, 2.45) is 0 Å². The maximum atomic E-state index is 5.40. The van der Waals surface area contributed by atoms with E-state index in [2.05, 4.69) is 34.0 Å². The summed E-state index contributed by atoms with van der Waals surface area (Å²) in [6.45, 7) is 3.24. The molecule has 0 saturated carbocycles. The molecule has 3 rings (SSSR count). The summed E-state index contributed by atoms with van der Waals surface area (Å²) in [5.41, 5.74) is 0.997. The monoisotopic (exact) mass is 272 g/mol. The lowest BCUT2D eigenvalue weighted by Crippen LogP contribution is -2.50. The zero-order valence-corrected chi connectivity index (χ0v) is 12.0. The molecule has 1 aliphatic heterocycles. The van der Waals surface area contributed by atoms with Crippen LogP contribution in [0.4, 0.5) is 0 Å². The summed E-state index contributed by atoms with van der Waals surface area (Å²) in [5.74, 6) is 1.39. The van der Waals surface area contributed by atoms with Crippen molar-refractivity contribution in [2.45, 2.75) is 12.5 Å². The van der Waals surface area contributed by atoms with Crippen LogP contribution < -0.4 is 0 Å². The van der Waals surface area contributed by atoms with Crippen LogP contribution in [0.1, 0.15) is 5.89 Å². The van der Waals surface area contributed by atoms with Crippen LogP contribution in [-0.2, 0) is 6.42 Å². The first-order valence-corrected chi connectivity index (χ1v) is 6.99. The first kappa shape index (κ1) is 13.3. The average Bonchev–Trinajstić information content (AvgIpc) is 2.92. The van der Waals surface area contributed by atoms with E-state index in [4.69, 9.17) is 4.52 Å². The van der Waals surface area contributed by atoms with E-state index in [0.29, 0.717) is 11.9 Å². The standard InChI is InChI=1S/C15H20N4O/c1-18-8-9-19(2)13(11-18)10-14-16-15(17-20-14)12-6-4-3-5-7-12/h3-7,13H,8-11H2,1-2H3/t13-/m0/s1. The molecule has 0 aliphatic carbocycles. The largest absolute Gasteiger partial charge is 0.339 e. The van der Waals surface area contributed by atoms with Gasteiger partial charge in [0.2, 0.25) is 11.7 Å². The van der Waals surface area contributed by atoms with Crippen molar-refractivity contribution >= 4 is 0 Å². The number of hydrogen-bond donors (Lipinski definition) is 0. The van der Waals surface area contributed by atoms with Crippen molar-refractivity contribution in [1.29, 1.82) is 0 Å². The molecule has 1 aromatic carbocycles. The second-order valence-electron chi connectivity index (χ2n) is 5.48. The van der Waals surface area contributed by atoms with E-state index in [1.54, 1.807) is 0 Å². The molecule has 106 valence electrons. The molecule has 20 heavy (non-hydrogen) atoms. The van der Waals surface area contributed by atoms with Crippen molar-refractivity contribution in [3.8, 4) is 11.4 Å². The Morgan fingerprint density at radius 1 is 1.20 bits per heavy atom. The summed E-state index contributed by atoms with van der Waals surface area (Å²) in [4.78, 5) is 9.22. The topological polar surface area (TPSA) is 45.4 Å². The number of hydrogen-bond acceptors (Lipinski definition) is 5. The third kappa shape index (κ3) is 2.89. The number of rotatable bonds is 3. The molecule has 2 heterocycles. The lowest BCUT2D eigenvalue weighted by atomic mass is 10.1. The van der Waals surface area contributed by atoms with E-state index in [9.17, 15) is 0 Å². The van der Waals surface area contributed by atoms with Crippen molar-refractivity contribution in [2.75, 3.05) is 33.7 Å². The molecular weight excluding hydrogens is 252 g/mol. The van der Waals surface area contributed by atoms with Crippen molar-refractivity contribution < 1.29 is 4.52 Å². The molecular formula is C15H20N4O. The van der Waals surface area contributed by atoms with Crippen LogP contribution in [0.3, 0.4) is 0 Å². The fourth-order valence-electron chi connectivity index (χ4n) is 2.57. The van der Waals surface area contributed by atoms with Crippen LogP contribution in [0.25, 0.3) is 11.4 Å². The smallest absolute Gasteiger partial charge is 0.228 e. The zero-order chi connectivity index (χ0) is 13.9. The van der Waals surface area contributed by atoms with Gasteiger partial charge in [0.05, 0.1) is 0 Å². The van der Waals surface area contributed by atoms with Gasteiger partial charge in [-0.3, -0.25) is 0 Å². The molecule has 0 unspecified atom stereocenters. The predicted molar refractivity (Wildman–Crippen MR) is 77.4 cm³/mol. The maximum Gasteiger partial charge on any atom is 0.228 e. The van der Waals surface area contributed by atoms with E-state index in [1.165, 1.54) is 0 Å². The Bertz CT molecular complexity index is 554. The molecule has 0 amide bonds. The highest BCUT2D eigenvalue weighted by Crippen LogP contribution is 2.17. The van der Waals surface area contributed by atoms with Crippen LogP contribution in [0.5, 0.6) is 0 Å². The van der Waals surface area contributed by atoms with Gasteiger partial charge in [-0.15, -0.1) is 0 Å². The Morgan fingerprint density at radius 2 is 2.00 bits per heavy atom. The SMILES string of the molecule is CN1CCN(C)[C@@H](Cc2nc(-c3ccccc3)no2)C1. The third-order valence-electron chi connectivity index (χ3n) is 3.89. The Morgan fingerprint density at radius 3 is 2.80 bits per heavy atom.